The fourth-order valence-electron chi connectivity index (χ4n) is 4.07. The zero-order chi connectivity index (χ0) is 18.3. The van der Waals surface area contributed by atoms with Crippen molar-refractivity contribution < 1.29 is 4.79 Å². The lowest BCUT2D eigenvalue weighted by Gasteiger charge is -2.28. The van der Waals surface area contributed by atoms with Crippen LogP contribution in [0.4, 0.5) is 0 Å². The zero-order valence-electron chi connectivity index (χ0n) is 15.9. The lowest BCUT2D eigenvalue weighted by molar-refractivity contribution is -0.131. The Kier molecular flexibility index (Phi) is 4.53. The Morgan fingerprint density at radius 3 is 2.81 bits per heavy atom. The second kappa shape index (κ2) is 6.83. The molecule has 1 amide bonds. The summed E-state index contributed by atoms with van der Waals surface area (Å²) in [6.45, 7) is 7.75. The van der Waals surface area contributed by atoms with Gasteiger partial charge >= 0.3 is 0 Å². The highest BCUT2D eigenvalue weighted by Gasteiger charge is 2.34. The average Bonchev–Trinajstić information content (AvgIpc) is 3.24. The number of hydrogen-bond donors (Lipinski definition) is 0. The van der Waals surface area contributed by atoms with Crippen LogP contribution in [0.5, 0.6) is 0 Å². The number of likely N-dealkylation sites (tertiary alicyclic amines) is 1. The third-order valence-electron chi connectivity index (χ3n) is 5.77. The molecule has 138 valence electrons. The predicted molar refractivity (Wildman–Crippen MR) is 99.7 cm³/mol. The van der Waals surface area contributed by atoms with E-state index in [-0.39, 0.29) is 11.9 Å². The van der Waals surface area contributed by atoms with Crippen LogP contribution >= 0.6 is 0 Å². The van der Waals surface area contributed by atoms with Crippen molar-refractivity contribution in [1.29, 1.82) is 0 Å². The van der Waals surface area contributed by atoms with Crippen LogP contribution in [0.1, 0.15) is 47.2 Å². The Bertz CT molecular complexity index is 828. The number of hydrogen-bond acceptors (Lipinski definition) is 4. The summed E-state index contributed by atoms with van der Waals surface area (Å²) in [6, 6.07) is 6.37. The first-order chi connectivity index (χ1) is 12.5. The molecule has 0 spiro atoms. The summed E-state index contributed by atoms with van der Waals surface area (Å²) >= 11 is 0. The molecular weight excluding hydrogens is 326 g/mol. The van der Waals surface area contributed by atoms with Gasteiger partial charge in [-0.15, -0.1) is 10.2 Å². The minimum Gasteiger partial charge on any atom is -0.332 e. The number of likely N-dealkylation sites (N-methyl/N-ethyl adjacent to an activating group) is 1. The highest BCUT2D eigenvalue weighted by Crippen LogP contribution is 2.32. The van der Waals surface area contributed by atoms with Crippen LogP contribution in [0.2, 0.25) is 0 Å². The molecule has 2 aliphatic rings. The van der Waals surface area contributed by atoms with E-state index in [1.807, 2.05) is 4.90 Å². The molecule has 0 radical (unpaired) electrons. The third kappa shape index (κ3) is 3.14. The quantitative estimate of drug-likeness (QED) is 0.849. The topological polar surface area (TPSA) is 54.3 Å². The van der Waals surface area contributed by atoms with Crippen LogP contribution in [0, 0.1) is 13.8 Å². The van der Waals surface area contributed by atoms with Crippen LogP contribution in [0.3, 0.4) is 0 Å². The highest BCUT2D eigenvalue weighted by atomic mass is 16.2. The van der Waals surface area contributed by atoms with Crippen LogP contribution in [-0.4, -0.2) is 50.6 Å². The van der Waals surface area contributed by atoms with E-state index < -0.39 is 0 Å². The van der Waals surface area contributed by atoms with E-state index in [0.717, 1.165) is 56.2 Å². The van der Waals surface area contributed by atoms with E-state index in [4.69, 9.17) is 0 Å². The number of carbonyl (C=O) groups is 1. The summed E-state index contributed by atoms with van der Waals surface area (Å²) in [7, 11) is 2.10. The first-order valence-electron chi connectivity index (χ1n) is 9.49. The number of carbonyl (C=O) groups excluding carboxylic acids is 1. The summed E-state index contributed by atoms with van der Waals surface area (Å²) < 4.78 is 2.23. The Labute approximate surface area is 154 Å². The molecule has 1 atom stereocenters. The maximum atomic E-state index is 13.0. The predicted octanol–water partition coefficient (Wildman–Crippen LogP) is 2.25. The molecule has 2 aromatic rings. The van der Waals surface area contributed by atoms with Gasteiger partial charge in [0, 0.05) is 19.6 Å². The van der Waals surface area contributed by atoms with Crippen LogP contribution in [-0.2, 0) is 24.3 Å². The van der Waals surface area contributed by atoms with E-state index in [1.165, 1.54) is 11.1 Å². The van der Waals surface area contributed by atoms with E-state index in [0.29, 0.717) is 6.42 Å². The molecule has 1 fully saturated rings. The zero-order valence-corrected chi connectivity index (χ0v) is 15.9. The molecule has 26 heavy (non-hydrogen) atoms. The lowest BCUT2D eigenvalue weighted by Crippen LogP contribution is -2.35. The normalized spacial score (nSPS) is 20.4. The molecule has 6 nitrogen and oxygen atoms in total. The molecule has 0 bridgehead atoms. The number of nitrogens with zero attached hydrogens (tertiary/aromatic N) is 5. The van der Waals surface area contributed by atoms with Gasteiger partial charge < -0.3 is 9.47 Å². The van der Waals surface area contributed by atoms with Crippen molar-refractivity contribution in [3.8, 4) is 0 Å². The minimum atomic E-state index is 0.0682. The molecule has 0 aliphatic carbocycles. The molecule has 4 rings (SSSR count). The maximum absolute atomic E-state index is 13.0. The maximum Gasteiger partial charge on any atom is 0.227 e. The van der Waals surface area contributed by atoms with Gasteiger partial charge in [-0.05, 0) is 50.4 Å². The molecular formula is C20H27N5O. The number of benzene rings is 1. The summed E-state index contributed by atoms with van der Waals surface area (Å²) in [6.07, 6.45) is 2.47. The molecule has 1 saturated heterocycles. The molecule has 3 heterocycles. The van der Waals surface area contributed by atoms with E-state index >= 15 is 0 Å². The number of amides is 1. The molecule has 0 unspecified atom stereocenters. The van der Waals surface area contributed by atoms with Crippen molar-refractivity contribution in [1.82, 2.24) is 24.6 Å². The van der Waals surface area contributed by atoms with Crippen molar-refractivity contribution >= 4 is 5.91 Å². The van der Waals surface area contributed by atoms with Crippen molar-refractivity contribution in [3.63, 3.8) is 0 Å². The Balaban J connectivity index is 1.53. The van der Waals surface area contributed by atoms with Crippen LogP contribution < -0.4 is 0 Å². The second-order valence-electron chi connectivity index (χ2n) is 7.70. The van der Waals surface area contributed by atoms with Crippen molar-refractivity contribution in [2.24, 2.45) is 0 Å². The van der Waals surface area contributed by atoms with Gasteiger partial charge in [-0.2, -0.15) is 0 Å². The standard InChI is InChI=1S/C20H27N5O/c1-14-6-7-16(11-15(14)2)12-19(26)24-8-4-5-17(24)20-22-21-18-13-23(3)9-10-25(18)20/h6-7,11,17H,4-5,8-10,12-13H2,1-3H3/t17-/m0/s1. The first kappa shape index (κ1) is 17.2. The van der Waals surface area contributed by atoms with Gasteiger partial charge in [-0.25, -0.2) is 0 Å². The first-order valence-corrected chi connectivity index (χ1v) is 9.49. The monoisotopic (exact) mass is 353 g/mol. The number of aromatic nitrogens is 3. The van der Waals surface area contributed by atoms with Gasteiger partial charge in [0.1, 0.15) is 5.82 Å². The third-order valence-corrected chi connectivity index (χ3v) is 5.77. The largest absolute Gasteiger partial charge is 0.332 e. The van der Waals surface area contributed by atoms with Gasteiger partial charge in [-0.1, -0.05) is 18.2 Å². The van der Waals surface area contributed by atoms with Crippen molar-refractivity contribution in [2.45, 2.75) is 52.2 Å². The van der Waals surface area contributed by atoms with Gasteiger partial charge in [0.2, 0.25) is 5.91 Å². The van der Waals surface area contributed by atoms with Gasteiger partial charge in [0.25, 0.3) is 0 Å². The summed E-state index contributed by atoms with van der Waals surface area (Å²) in [5.74, 6) is 2.18. The Hall–Kier alpha value is -2.21. The summed E-state index contributed by atoms with van der Waals surface area (Å²) in [4.78, 5) is 17.3. The summed E-state index contributed by atoms with van der Waals surface area (Å²) in [5.41, 5.74) is 3.60. The summed E-state index contributed by atoms with van der Waals surface area (Å²) in [5, 5.41) is 8.86. The Morgan fingerprint density at radius 2 is 2.00 bits per heavy atom. The van der Waals surface area contributed by atoms with Gasteiger partial charge in [0.05, 0.1) is 19.0 Å². The molecule has 0 N–H and O–H groups in total. The average molecular weight is 353 g/mol. The number of aryl methyl sites for hydroxylation is 2. The fourth-order valence-corrected chi connectivity index (χ4v) is 4.07. The number of rotatable bonds is 3. The van der Waals surface area contributed by atoms with Gasteiger partial charge in [0.15, 0.2) is 5.82 Å². The number of fused-ring (bicyclic) bond motifs is 1. The van der Waals surface area contributed by atoms with Crippen LogP contribution in [0.15, 0.2) is 18.2 Å². The smallest absolute Gasteiger partial charge is 0.227 e. The SMILES string of the molecule is Cc1ccc(CC(=O)N2CCC[C@H]2c2nnc3n2CCN(C)C3)cc1C. The lowest BCUT2D eigenvalue weighted by atomic mass is 10.0. The van der Waals surface area contributed by atoms with E-state index in [1.54, 1.807) is 0 Å². The van der Waals surface area contributed by atoms with Crippen molar-refractivity contribution in [3.05, 3.63) is 46.5 Å². The Morgan fingerprint density at radius 1 is 1.15 bits per heavy atom. The fraction of sp³-hybridized carbons (Fsp3) is 0.550. The molecule has 1 aromatic carbocycles. The van der Waals surface area contributed by atoms with Crippen molar-refractivity contribution in [2.75, 3.05) is 20.1 Å². The molecule has 2 aliphatic heterocycles. The van der Waals surface area contributed by atoms with Crippen LogP contribution in [0.25, 0.3) is 0 Å². The van der Waals surface area contributed by atoms with Gasteiger partial charge in [-0.3, -0.25) is 9.69 Å². The second-order valence-corrected chi connectivity index (χ2v) is 7.70. The minimum absolute atomic E-state index is 0.0682. The highest BCUT2D eigenvalue weighted by molar-refractivity contribution is 5.79. The molecule has 0 saturated carbocycles. The van der Waals surface area contributed by atoms with E-state index in [9.17, 15) is 4.79 Å². The molecule has 1 aromatic heterocycles. The molecule has 6 heteroatoms. The van der Waals surface area contributed by atoms with E-state index in [2.05, 4.69) is 58.8 Å².